The summed E-state index contributed by atoms with van der Waals surface area (Å²) in [7, 11) is 1.62. The normalized spacial score (nSPS) is 25.3. The number of thioether (sulfide) groups is 1. The van der Waals surface area contributed by atoms with Crippen LogP contribution in [0.3, 0.4) is 0 Å². The average Bonchev–Trinajstić information content (AvgIpc) is 2.83. The van der Waals surface area contributed by atoms with Gasteiger partial charge in [0.05, 0.1) is 13.3 Å². The molecule has 4 nitrogen and oxygen atoms in total. The van der Waals surface area contributed by atoms with Gasteiger partial charge in [-0.3, -0.25) is 4.68 Å². The minimum absolute atomic E-state index is 0.230. The summed E-state index contributed by atoms with van der Waals surface area (Å²) < 4.78 is 7.17. The third-order valence-electron chi connectivity index (χ3n) is 2.91. The summed E-state index contributed by atoms with van der Waals surface area (Å²) in [6.45, 7) is 4.11. The number of aliphatic hydroxyl groups is 1. The van der Waals surface area contributed by atoms with Crippen molar-refractivity contribution < 1.29 is 9.84 Å². The summed E-state index contributed by atoms with van der Waals surface area (Å²) in [6, 6.07) is 0.230. The molecule has 1 unspecified atom stereocenters. The fourth-order valence-corrected chi connectivity index (χ4v) is 3.32. The second kappa shape index (κ2) is 4.30. The van der Waals surface area contributed by atoms with Gasteiger partial charge in [-0.2, -0.15) is 16.9 Å². The first-order valence-electron chi connectivity index (χ1n) is 5.50. The van der Waals surface area contributed by atoms with Gasteiger partial charge in [0.2, 0.25) is 0 Å². The molecule has 16 heavy (non-hydrogen) atoms. The van der Waals surface area contributed by atoms with E-state index in [1.54, 1.807) is 25.1 Å². The maximum absolute atomic E-state index is 10.6. The van der Waals surface area contributed by atoms with Gasteiger partial charge in [-0.1, -0.05) is 0 Å². The summed E-state index contributed by atoms with van der Waals surface area (Å²) in [5.41, 5.74) is 0.0477. The van der Waals surface area contributed by atoms with Crippen molar-refractivity contribution in [2.45, 2.75) is 31.9 Å². The highest BCUT2D eigenvalue weighted by molar-refractivity contribution is 7.99. The van der Waals surface area contributed by atoms with Crippen molar-refractivity contribution in [2.24, 2.45) is 0 Å². The van der Waals surface area contributed by atoms with E-state index >= 15 is 0 Å². The van der Waals surface area contributed by atoms with E-state index in [-0.39, 0.29) is 6.04 Å². The fourth-order valence-electron chi connectivity index (χ4n) is 2.07. The Morgan fingerprint density at radius 1 is 1.62 bits per heavy atom. The van der Waals surface area contributed by atoms with Gasteiger partial charge in [-0.05, 0) is 26.0 Å². The van der Waals surface area contributed by atoms with E-state index in [2.05, 4.69) is 18.9 Å². The zero-order chi connectivity index (χ0) is 11.8. The van der Waals surface area contributed by atoms with E-state index in [4.69, 9.17) is 4.74 Å². The Morgan fingerprint density at radius 3 is 2.88 bits per heavy atom. The smallest absolute Gasteiger partial charge is 0.162 e. The quantitative estimate of drug-likeness (QED) is 0.878. The van der Waals surface area contributed by atoms with Gasteiger partial charge in [0.1, 0.15) is 11.3 Å². The number of hydrogen-bond donors (Lipinski definition) is 1. The van der Waals surface area contributed by atoms with Crippen LogP contribution in [0.15, 0.2) is 6.20 Å². The minimum atomic E-state index is -0.781. The van der Waals surface area contributed by atoms with Crippen molar-refractivity contribution >= 4 is 11.8 Å². The first-order valence-corrected chi connectivity index (χ1v) is 6.66. The maximum atomic E-state index is 10.6. The van der Waals surface area contributed by atoms with Crippen molar-refractivity contribution in [2.75, 3.05) is 18.6 Å². The fraction of sp³-hybridized carbons (Fsp3) is 0.727. The van der Waals surface area contributed by atoms with Crippen LogP contribution < -0.4 is 4.74 Å². The lowest BCUT2D eigenvalue weighted by Gasteiger charge is -2.25. The molecule has 1 aromatic heterocycles. The molecule has 1 atom stereocenters. The van der Waals surface area contributed by atoms with E-state index in [9.17, 15) is 5.11 Å². The third-order valence-corrected chi connectivity index (χ3v) is 4.09. The van der Waals surface area contributed by atoms with E-state index in [1.165, 1.54) is 0 Å². The SMILES string of the molecule is COc1cnn(C(C)C)c1C1(O)CCSC1. The molecule has 1 aromatic rings. The Morgan fingerprint density at radius 2 is 2.38 bits per heavy atom. The number of ether oxygens (including phenoxy) is 1. The van der Waals surface area contributed by atoms with Crippen molar-refractivity contribution in [1.29, 1.82) is 0 Å². The molecule has 0 aromatic carbocycles. The van der Waals surface area contributed by atoms with Crippen molar-refractivity contribution in [1.82, 2.24) is 9.78 Å². The average molecular weight is 242 g/mol. The second-order valence-electron chi connectivity index (χ2n) is 4.43. The molecule has 0 saturated carbocycles. The molecule has 0 bridgehead atoms. The van der Waals surface area contributed by atoms with Crippen LogP contribution in [0.25, 0.3) is 0 Å². The zero-order valence-corrected chi connectivity index (χ0v) is 10.8. The van der Waals surface area contributed by atoms with E-state index in [1.807, 2.05) is 4.68 Å². The van der Waals surface area contributed by atoms with E-state index in [0.717, 1.165) is 23.6 Å². The van der Waals surface area contributed by atoms with Crippen LogP contribution in [0, 0.1) is 0 Å². The Bertz CT molecular complexity index is 370. The van der Waals surface area contributed by atoms with Crippen LogP contribution in [0.1, 0.15) is 32.0 Å². The molecule has 90 valence electrons. The topological polar surface area (TPSA) is 47.3 Å². The lowest BCUT2D eigenvalue weighted by molar-refractivity contribution is 0.0518. The highest BCUT2D eigenvalue weighted by Gasteiger charge is 2.40. The van der Waals surface area contributed by atoms with Gasteiger partial charge in [0, 0.05) is 11.8 Å². The minimum Gasteiger partial charge on any atom is -0.493 e. The molecule has 0 radical (unpaired) electrons. The predicted octanol–water partition coefficient (Wildman–Crippen LogP) is 1.80. The Labute approximate surface area is 100.0 Å². The van der Waals surface area contributed by atoms with Crippen LogP contribution in [0.4, 0.5) is 0 Å². The second-order valence-corrected chi connectivity index (χ2v) is 5.54. The third kappa shape index (κ3) is 1.82. The van der Waals surface area contributed by atoms with Gasteiger partial charge in [0.15, 0.2) is 5.75 Å². The summed E-state index contributed by atoms with van der Waals surface area (Å²) >= 11 is 1.77. The molecule has 2 heterocycles. The predicted molar refractivity (Wildman–Crippen MR) is 65.0 cm³/mol. The Balaban J connectivity index is 2.47. The summed E-state index contributed by atoms with van der Waals surface area (Å²) in [5, 5.41) is 14.9. The molecule has 1 N–H and O–H groups in total. The highest BCUT2D eigenvalue weighted by Crippen LogP contribution is 2.41. The van der Waals surface area contributed by atoms with Gasteiger partial charge in [-0.25, -0.2) is 0 Å². The monoisotopic (exact) mass is 242 g/mol. The molecular formula is C11H18N2O2S. The summed E-state index contributed by atoms with van der Waals surface area (Å²) in [6.07, 6.45) is 2.46. The standard InChI is InChI=1S/C11H18N2O2S/c1-8(2)13-10(9(15-3)6-12-13)11(14)4-5-16-7-11/h6,8,14H,4-5,7H2,1-3H3. The molecule has 1 aliphatic rings. The molecular weight excluding hydrogens is 224 g/mol. The summed E-state index contributed by atoms with van der Waals surface area (Å²) in [5.74, 6) is 2.41. The summed E-state index contributed by atoms with van der Waals surface area (Å²) in [4.78, 5) is 0. The highest BCUT2D eigenvalue weighted by atomic mass is 32.2. The lowest BCUT2D eigenvalue weighted by Crippen LogP contribution is -2.30. The van der Waals surface area contributed by atoms with Crippen LogP contribution in [-0.4, -0.2) is 33.5 Å². The van der Waals surface area contributed by atoms with Gasteiger partial charge in [0.25, 0.3) is 0 Å². The van der Waals surface area contributed by atoms with Crippen LogP contribution in [0.2, 0.25) is 0 Å². The number of nitrogens with zero attached hydrogens (tertiary/aromatic N) is 2. The molecule has 2 rings (SSSR count). The molecule has 0 aliphatic carbocycles. The molecule has 1 aliphatic heterocycles. The lowest BCUT2D eigenvalue weighted by atomic mass is 9.98. The van der Waals surface area contributed by atoms with Crippen LogP contribution >= 0.6 is 11.8 Å². The molecule has 1 saturated heterocycles. The van der Waals surface area contributed by atoms with Gasteiger partial charge in [-0.15, -0.1) is 0 Å². The Kier molecular flexibility index (Phi) is 3.17. The number of methoxy groups -OCH3 is 1. The van der Waals surface area contributed by atoms with E-state index in [0.29, 0.717) is 5.75 Å². The van der Waals surface area contributed by atoms with Crippen molar-refractivity contribution in [3.8, 4) is 5.75 Å². The first kappa shape index (κ1) is 11.8. The number of rotatable bonds is 3. The van der Waals surface area contributed by atoms with Gasteiger partial charge < -0.3 is 9.84 Å². The van der Waals surface area contributed by atoms with Crippen molar-refractivity contribution in [3.63, 3.8) is 0 Å². The Hall–Kier alpha value is -0.680. The molecule has 0 amide bonds. The molecule has 1 fully saturated rings. The largest absolute Gasteiger partial charge is 0.493 e. The van der Waals surface area contributed by atoms with Crippen molar-refractivity contribution in [3.05, 3.63) is 11.9 Å². The van der Waals surface area contributed by atoms with Gasteiger partial charge >= 0.3 is 0 Å². The maximum Gasteiger partial charge on any atom is 0.162 e. The van der Waals surface area contributed by atoms with Crippen LogP contribution in [0.5, 0.6) is 5.75 Å². The number of aromatic nitrogens is 2. The van der Waals surface area contributed by atoms with E-state index < -0.39 is 5.60 Å². The molecule has 0 spiro atoms. The zero-order valence-electron chi connectivity index (χ0n) is 9.93. The number of hydrogen-bond acceptors (Lipinski definition) is 4. The van der Waals surface area contributed by atoms with Crippen LogP contribution in [-0.2, 0) is 5.60 Å². The molecule has 5 heteroatoms. The first-order chi connectivity index (χ1) is 7.58.